The Morgan fingerprint density at radius 3 is 2.65 bits per heavy atom. The number of anilines is 1. The number of nitrogens with zero attached hydrogens (tertiary/aromatic N) is 1. The van der Waals surface area contributed by atoms with Crippen molar-refractivity contribution < 1.29 is 22.9 Å². The first-order chi connectivity index (χ1) is 12.2. The normalized spacial score (nSPS) is 11.0. The van der Waals surface area contributed by atoms with Crippen molar-refractivity contribution in [2.24, 2.45) is 0 Å². The quantitative estimate of drug-likeness (QED) is 0.520. The maximum absolute atomic E-state index is 12.3. The number of carbonyl (C=O) groups excluding carboxylic acids is 1. The summed E-state index contributed by atoms with van der Waals surface area (Å²) in [5.41, 5.74) is 0.330. The minimum Gasteiger partial charge on any atom is -0.492 e. The maximum atomic E-state index is 12.3. The molecule has 0 aliphatic heterocycles. The average Bonchev–Trinajstić information content (AvgIpc) is 2.54. The van der Waals surface area contributed by atoms with Crippen LogP contribution in [-0.4, -0.2) is 37.9 Å². The molecule has 0 aliphatic carbocycles. The molecule has 0 bridgehead atoms. The van der Waals surface area contributed by atoms with E-state index in [2.05, 4.69) is 21.2 Å². The van der Waals surface area contributed by atoms with Crippen molar-refractivity contribution in [1.29, 1.82) is 0 Å². The predicted octanol–water partition coefficient (Wildman–Crippen LogP) is 3.03. The molecule has 1 N–H and O–H groups in total. The molecule has 0 saturated carbocycles. The number of nitrogens with one attached hydrogen (secondary N) is 1. The van der Waals surface area contributed by atoms with Gasteiger partial charge in [-0.1, -0.05) is 6.07 Å². The van der Waals surface area contributed by atoms with Crippen LogP contribution < -0.4 is 10.1 Å². The largest absolute Gasteiger partial charge is 0.492 e. The molecule has 0 fully saturated rings. The lowest BCUT2D eigenvalue weighted by molar-refractivity contribution is -0.385. The van der Waals surface area contributed by atoms with E-state index in [4.69, 9.17) is 4.74 Å². The summed E-state index contributed by atoms with van der Waals surface area (Å²) in [5.74, 6) is -0.242. The van der Waals surface area contributed by atoms with Crippen LogP contribution in [0.15, 0.2) is 46.9 Å². The van der Waals surface area contributed by atoms with Crippen LogP contribution in [0.5, 0.6) is 5.75 Å². The van der Waals surface area contributed by atoms with Gasteiger partial charge in [-0.15, -0.1) is 0 Å². The minimum atomic E-state index is -3.13. The van der Waals surface area contributed by atoms with Gasteiger partial charge in [-0.05, 0) is 40.2 Å². The van der Waals surface area contributed by atoms with Gasteiger partial charge < -0.3 is 10.1 Å². The van der Waals surface area contributed by atoms with Crippen molar-refractivity contribution in [3.05, 3.63) is 62.6 Å². The second kappa shape index (κ2) is 8.28. The van der Waals surface area contributed by atoms with E-state index in [1.807, 2.05) is 0 Å². The summed E-state index contributed by atoms with van der Waals surface area (Å²) < 4.78 is 27.8. The molecule has 8 nitrogen and oxygen atoms in total. The number of halogens is 1. The summed E-state index contributed by atoms with van der Waals surface area (Å²) >= 11 is 3.06. The van der Waals surface area contributed by atoms with Crippen molar-refractivity contribution >= 4 is 43.0 Å². The van der Waals surface area contributed by atoms with Crippen LogP contribution in [0.4, 0.5) is 11.4 Å². The Morgan fingerprint density at radius 2 is 2.00 bits per heavy atom. The Morgan fingerprint density at radius 1 is 1.27 bits per heavy atom. The van der Waals surface area contributed by atoms with Gasteiger partial charge in [-0.3, -0.25) is 14.9 Å². The van der Waals surface area contributed by atoms with Crippen LogP contribution in [0, 0.1) is 10.1 Å². The van der Waals surface area contributed by atoms with Gasteiger partial charge >= 0.3 is 0 Å². The van der Waals surface area contributed by atoms with E-state index in [1.54, 1.807) is 18.2 Å². The smallest absolute Gasteiger partial charge is 0.284 e. The highest BCUT2D eigenvalue weighted by atomic mass is 79.9. The van der Waals surface area contributed by atoms with Gasteiger partial charge in [0.1, 0.15) is 12.4 Å². The number of rotatable bonds is 7. The highest BCUT2D eigenvalue weighted by Crippen LogP contribution is 2.26. The lowest BCUT2D eigenvalue weighted by Crippen LogP contribution is -2.13. The molecule has 1 amide bonds. The average molecular weight is 443 g/mol. The number of hydrogen-bond donors (Lipinski definition) is 1. The van der Waals surface area contributed by atoms with E-state index in [0.29, 0.717) is 11.4 Å². The highest BCUT2D eigenvalue weighted by Gasteiger charge is 2.16. The summed E-state index contributed by atoms with van der Waals surface area (Å²) in [7, 11) is -3.13. The Balaban J connectivity index is 2.09. The van der Waals surface area contributed by atoms with E-state index in [0.717, 1.165) is 6.26 Å². The predicted molar refractivity (Wildman–Crippen MR) is 100 cm³/mol. The topological polar surface area (TPSA) is 116 Å². The molecule has 0 unspecified atom stereocenters. The van der Waals surface area contributed by atoms with Crippen molar-refractivity contribution in [3.8, 4) is 5.75 Å². The van der Waals surface area contributed by atoms with Crippen LogP contribution >= 0.6 is 15.9 Å². The van der Waals surface area contributed by atoms with Crippen LogP contribution in [0.2, 0.25) is 0 Å². The molecule has 10 heteroatoms. The summed E-state index contributed by atoms with van der Waals surface area (Å²) in [6.45, 7) is -0.00482. The summed E-state index contributed by atoms with van der Waals surface area (Å²) in [4.78, 5) is 22.7. The maximum Gasteiger partial charge on any atom is 0.284 e. The molecule has 0 aliphatic rings. The first-order valence-corrected chi connectivity index (χ1v) is 10.2. The molecule has 2 rings (SSSR count). The SMILES string of the molecule is CS(=O)(=O)CCOc1cccc(NC(=O)c2ccc(Br)c([N+](=O)[O-])c2)c1. The van der Waals surface area contributed by atoms with Gasteiger partial charge in [0, 0.05) is 29.6 Å². The number of nitro groups is 1. The zero-order valence-corrected chi connectivity index (χ0v) is 16.0. The van der Waals surface area contributed by atoms with E-state index in [-0.39, 0.29) is 28.1 Å². The number of amides is 1. The molecule has 138 valence electrons. The molecular weight excluding hydrogens is 428 g/mol. The van der Waals surface area contributed by atoms with Gasteiger partial charge in [0.05, 0.1) is 15.1 Å². The molecule has 0 atom stereocenters. The third-order valence-corrected chi connectivity index (χ3v) is 4.80. The van der Waals surface area contributed by atoms with Gasteiger partial charge in [-0.2, -0.15) is 0 Å². The summed E-state index contributed by atoms with van der Waals surface area (Å²) in [6.07, 6.45) is 1.12. The zero-order chi connectivity index (χ0) is 19.3. The van der Waals surface area contributed by atoms with Gasteiger partial charge in [0.2, 0.25) is 0 Å². The number of carbonyl (C=O) groups is 1. The molecule has 0 spiro atoms. The first kappa shape index (κ1) is 19.9. The molecule has 0 radical (unpaired) electrons. The molecule has 0 heterocycles. The Kier molecular flexibility index (Phi) is 6.32. The molecule has 0 aromatic heterocycles. The van der Waals surface area contributed by atoms with Crippen molar-refractivity contribution in [1.82, 2.24) is 0 Å². The summed E-state index contributed by atoms with van der Waals surface area (Å²) in [6, 6.07) is 10.5. The number of benzene rings is 2. The Bertz CT molecular complexity index is 946. The zero-order valence-electron chi connectivity index (χ0n) is 13.6. The van der Waals surface area contributed by atoms with Crippen LogP contribution in [-0.2, 0) is 9.84 Å². The number of ether oxygens (including phenoxy) is 1. The number of sulfone groups is 1. The highest BCUT2D eigenvalue weighted by molar-refractivity contribution is 9.10. The van der Waals surface area contributed by atoms with Gasteiger partial charge in [0.15, 0.2) is 9.84 Å². The molecular formula is C16H15BrN2O6S. The molecule has 2 aromatic carbocycles. The van der Waals surface area contributed by atoms with Crippen molar-refractivity contribution in [2.75, 3.05) is 23.9 Å². The summed E-state index contributed by atoms with van der Waals surface area (Å²) in [5, 5.41) is 13.6. The number of nitro benzene ring substituents is 1. The van der Waals surface area contributed by atoms with Crippen molar-refractivity contribution in [2.45, 2.75) is 0 Å². The Labute approximate surface area is 158 Å². The van der Waals surface area contributed by atoms with E-state index in [9.17, 15) is 23.3 Å². The van der Waals surface area contributed by atoms with Gasteiger partial charge in [0.25, 0.3) is 11.6 Å². The second-order valence-electron chi connectivity index (χ2n) is 5.38. The first-order valence-electron chi connectivity index (χ1n) is 7.31. The fourth-order valence-electron chi connectivity index (χ4n) is 1.97. The van der Waals surface area contributed by atoms with Gasteiger partial charge in [-0.25, -0.2) is 8.42 Å². The van der Waals surface area contributed by atoms with E-state index in [1.165, 1.54) is 24.3 Å². The monoisotopic (exact) mass is 442 g/mol. The molecule has 2 aromatic rings. The third-order valence-electron chi connectivity index (χ3n) is 3.22. The van der Waals surface area contributed by atoms with Crippen LogP contribution in [0.25, 0.3) is 0 Å². The van der Waals surface area contributed by atoms with Crippen LogP contribution in [0.1, 0.15) is 10.4 Å². The fraction of sp³-hybridized carbons (Fsp3) is 0.188. The van der Waals surface area contributed by atoms with Crippen LogP contribution in [0.3, 0.4) is 0 Å². The minimum absolute atomic E-state index is 0.00482. The van der Waals surface area contributed by atoms with Crippen molar-refractivity contribution in [3.63, 3.8) is 0 Å². The van der Waals surface area contributed by atoms with E-state index >= 15 is 0 Å². The molecule has 26 heavy (non-hydrogen) atoms. The van der Waals surface area contributed by atoms with E-state index < -0.39 is 20.7 Å². The lowest BCUT2D eigenvalue weighted by Gasteiger charge is -2.09. The second-order valence-corrected chi connectivity index (χ2v) is 8.50. The third kappa shape index (κ3) is 5.81. The Hall–Kier alpha value is -2.46. The fourth-order valence-corrected chi connectivity index (χ4v) is 2.75. The lowest BCUT2D eigenvalue weighted by atomic mass is 10.2. The molecule has 0 saturated heterocycles. The standard InChI is InChI=1S/C16H15BrN2O6S/c1-26(23,24)8-7-25-13-4-2-3-12(10-13)18-16(20)11-5-6-14(17)15(9-11)19(21)22/h2-6,9-10H,7-8H2,1H3,(H,18,20). The number of hydrogen-bond acceptors (Lipinski definition) is 6.